The number of hydrogen-bond acceptors (Lipinski definition) is 3. The van der Waals surface area contributed by atoms with E-state index in [2.05, 4.69) is 21.4 Å². The molecule has 0 aliphatic rings. The van der Waals surface area contributed by atoms with Gasteiger partial charge < -0.3 is 4.74 Å². The lowest BCUT2D eigenvalue weighted by Gasteiger charge is -2.17. The van der Waals surface area contributed by atoms with Gasteiger partial charge in [-0.05, 0) is 18.6 Å². The lowest BCUT2D eigenvalue weighted by Crippen LogP contribution is -2.31. The highest BCUT2D eigenvalue weighted by Gasteiger charge is 2.11. The Morgan fingerprint density at radius 1 is 1.50 bits per heavy atom. The first-order valence-corrected chi connectivity index (χ1v) is 5.37. The Bertz CT molecular complexity index is 281. The first-order valence-electron chi connectivity index (χ1n) is 4.58. The molecule has 0 aliphatic heterocycles. The van der Waals surface area contributed by atoms with E-state index in [1.54, 1.807) is 0 Å². The summed E-state index contributed by atoms with van der Waals surface area (Å²) in [6, 6.07) is 8.00. The molecule has 0 bridgehead atoms. The van der Waals surface area contributed by atoms with E-state index in [1.807, 2.05) is 31.2 Å². The van der Waals surface area contributed by atoms with Crippen molar-refractivity contribution in [1.82, 2.24) is 5.43 Å². The standard InChI is InChI=1S/C10H15BrN2O/c1-2-14-7-10(13-12)8-5-3-4-6-9(8)11/h3-6,10,13H,2,7,12H2,1H3. The lowest BCUT2D eigenvalue weighted by atomic mass is 10.1. The number of hydrazine groups is 1. The van der Waals surface area contributed by atoms with Gasteiger partial charge in [-0.25, -0.2) is 0 Å². The second kappa shape index (κ2) is 6.14. The minimum atomic E-state index is 0.0329. The summed E-state index contributed by atoms with van der Waals surface area (Å²) in [5.74, 6) is 5.46. The number of benzene rings is 1. The second-order valence-electron chi connectivity index (χ2n) is 2.90. The van der Waals surface area contributed by atoms with Crippen LogP contribution in [-0.2, 0) is 4.74 Å². The van der Waals surface area contributed by atoms with Crippen LogP contribution < -0.4 is 11.3 Å². The van der Waals surface area contributed by atoms with Crippen molar-refractivity contribution in [2.45, 2.75) is 13.0 Å². The summed E-state index contributed by atoms with van der Waals surface area (Å²) in [4.78, 5) is 0. The molecule has 0 radical (unpaired) electrons. The first-order chi connectivity index (χ1) is 6.79. The molecule has 1 aromatic rings. The molecule has 4 heteroatoms. The summed E-state index contributed by atoms with van der Waals surface area (Å²) in [5, 5.41) is 0. The maximum atomic E-state index is 5.46. The number of nitrogens with two attached hydrogens (primary N) is 1. The fourth-order valence-corrected chi connectivity index (χ4v) is 1.78. The van der Waals surface area contributed by atoms with Crippen molar-refractivity contribution in [2.24, 2.45) is 5.84 Å². The van der Waals surface area contributed by atoms with Gasteiger partial charge in [0.2, 0.25) is 0 Å². The lowest BCUT2D eigenvalue weighted by molar-refractivity contribution is 0.123. The van der Waals surface area contributed by atoms with Gasteiger partial charge in [0.15, 0.2) is 0 Å². The summed E-state index contributed by atoms with van der Waals surface area (Å²) in [5.41, 5.74) is 3.85. The normalized spacial score (nSPS) is 12.8. The van der Waals surface area contributed by atoms with Crippen LogP contribution in [0.1, 0.15) is 18.5 Å². The predicted molar refractivity (Wildman–Crippen MR) is 60.7 cm³/mol. The van der Waals surface area contributed by atoms with Crippen molar-refractivity contribution in [3.8, 4) is 0 Å². The molecule has 0 fully saturated rings. The Hall–Kier alpha value is -0.420. The van der Waals surface area contributed by atoms with Crippen molar-refractivity contribution < 1.29 is 4.74 Å². The molecule has 3 nitrogen and oxygen atoms in total. The largest absolute Gasteiger partial charge is 0.380 e. The summed E-state index contributed by atoms with van der Waals surface area (Å²) in [6.45, 7) is 3.24. The third kappa shape index (κ3) is 3.06. The van der Waals surface area contributed by atoms with Crippen LogP contribution in [-0.4, -0.2) is 13.2 Å². The van der Waals surface area contributed by atoms with E-state index in [-0.39, 0.29) is 6.04 Å². The Morgan fingerprint density at radius 3 is 2.79 bits per heavy atom. The molecule has 78 valence electrons. The second-order valence-corrected chi connectivity index (χ2v) is 3.75. The van der Waals surface area contributed by atoms with Crippen LogP contribution >= 0.6 is 15.9 Å². The zero-order valence-corrected chi connectivity index (χ0v) is 9.75. The van der Waals surface area contributed by atoms with Gasteiger partial charge in [0, 0.05) is 11.1 Å². The van der Waals surface area contributed by atoms with Gasteiger partial charge in [0.1, 0.15) is 0 Å². The van der Waals surface area contributed by atoms with E-state index < -0.39 is 0 Å². The van der Waals surface area contributed by atoms with Gasteiger partial charge in [-0.2, -0.15) is 0 Å². The van der Waals surface area contributed by atoms with Crippen LogP contribution in [0.4, 0.5) is 0 Å². The maximum Gasteiger partial charge on any atom is 0.0704 e. The zero-order valence-electron chi connectivity index (χ0n) is 8.16. The van der Waals surface area contributed by atoms with Gasteiger partial charge in [-0.15, -0.1) is 0 Å². The Labute approximate surface area is 92.7 Å². The molecule has 1 unspecified atom stereocenters. The molecule has 0 saturated heterocycles. The van der Waals surface area contributed by atoms with Gasteiger partial charge in [-0.1, -0.05) is 34.1 Å². The van der Waals surface area contributed by atoms with Gasteiger partial charge in [0.05, 0.1) is 12.6 Å². The number of ether oxygens (including phenoxy) is 1. The highest BCUT2D eigenvalue weighted by atomic mass is 79.9. The van der Waals surface area contributed by atoms with Gasteiger partial charge in [-0.3, -0.25) is 11.3 Å². The maximum absolute atomic E-state index is 5.46. The fraction of sp³-hybridized carbons (Fsp3) is 0.400. The number of halogens is 1. The summed E-state index contributed by atoms with van der Waals surface area (Å²) < 4.78 is 6.38. The van der Waals surface area contributed by atoms with E-state index in [1.165, 1.54) is 0 Å². The topological polar surface area (TPSA) is 47.3 Å². The Balaban J connectivity index is 2.73. The van der Waals surface area contributed by atoms with Crippen molar-refractivity contribution in [3.63, 3.8) is 0 Å². The number of rotatable bonds is 5. The minimum Gasteiger partial charge on any atom is -0.380 e. The quantitative estimate of drug-likeness (QED) is 0.628. The van der Waals surface area contributed by atoms with E-state index in [0.29, 0.717) is 13.2 Å². The average molecular weight is 259 g/mol. The van der Waals surface area contributed by atoms with E-state index in [9.17, 15) is 0 Å². The molecular formula is C10H15BrN2O. The smallest absolute Gasteiger partial charge is 0.0704 e. The first kappa shape index (κ1) is 11.7. The Morgan fingerprint density at radius 2 is 2.21 bits per heavy atom. The highest BCUT2D eigenvalue weighted by Crippen LogP contribution is 2.22. The SMILES string of the molecule is CCOCC(NN)c1ccccc1Br. The van der Waals surface area contributed by atoms with Gasteiger partial charge in [0.25, 0.3) is 0 Å². The minimum absolute atomic E-state index is 0.0329. The molecule has 1 atom stereocenters. The van der Waals surface area contributed by atoms with Crippen LogP contribution in [0.2, 0.25) is 0 Å². The molecule has 1 rings (SSSR count). The van der Waals surface area contributed by atoms with E-state index >= 15 is 0 Å². The van der Waals surface area contributed by atoms with Crippen LogP contribution in [0.15, 0.2) is 28.7 Å². The zero-order chi connectivity index (χ0) is 10.4. The van der Waals surface area contributed by atoms with Crippen molar-refractivity contribution in [1.29, 1.82) is 0 Å². The molecule has 0 heterocycles. The molecule has 1 aromatic carbocycles. The molecule has 0 aliphatic carbocycles. The number of nitrogens with one attached hydrogen (secondary N) is 1. The third-order valence-corrected chi connectivity index (χ3v) is 2.69. The van der Waals surface area contributed by atoms with E-state index in [0.717, 1.165) is 10.0 Å². The molecule has 0 aromatic heterocycles. The molecule has 0 spiro atoms. The Kier molecular flexibility index (Phi) is 5.11. The molecule has 14 heavy (non-hydrogen) atoms. The summed E-state index contributed by atoms with van der Waals surface area (Å²) in [6.07, 6.45) is 0. The fourth-order valence-electron chi connectivity index (χ4n) is 1.22. The predicted octanol–water partition coefficient (Wildman–Crippen LogP) is 1.99. The molecule has 0 amide bonds. The molecule has 3 N–H and O–H groups in total. The summed E-state index contributed by atoms with van der Waals surface area (Å²) >= 11 is 3.48. The van der Waals surface area contributed by atoms with Crippen LogP contribution in [0.5, 0.6) is 0 Å². The summed E-state index contributed by atoms with van der Waals surface area (Å²) in [7, 11) is 0. The van der Waals surface area contributed by atoms with Crippen molar-refractivity contribution in [3.05, 3.63) is 34.3 Å². The molecule has 0 saturated carbocycles. The van der Waals surface area contributed by atoms with Crippen LogP contribution in [0.3, 0.4) is 0 Å². The van der Waals surface area contributed by atoms with Crippen molar-refractivity contribution >= 4 is 15.9 Å². The third-order valence-electron chi connectivity index (χ3n) is 1.97. The monoisotopic (exact) mass is 258 g/mol. The average Bonchev–Trinajstić information content (AvgIpc) is 2.21. The number of hydrogen-bond donors (Lipinski definition) is 2. The van der Waals surface area contributed by atoms with Crippen LogP contribution in [0.25, 0.3) is 0 Å². The van der Waals surface area contributed by atoms with Crippen molar-refractivity contribution in [2.75, 3.05) is 13.2 Å². The van der Waals surface area contributed by atoms with E-state index in [4.69, 9.17) is 10.6 Å². The van der Waals surface area contributed by atoms with Crippen LogP contribution in [0, 0.1) is 0 Å². The highest BCUT2D eigenvalue weighted by molar-refractivity contribution is 9.10. The molecular weight excluding hydrogens is 244 g/mol. The van der Waals surface area contributed by atoms with Gasteiger partial charge >= 0.3 is 0 Å².